The molecular weight excluding hydrogens is 164 g/mol. The van der Waals surface area contributed by atoms with E-state index < -0.39 is 0 Å². The van der Waals surface area contributed by atoms with E-state index in [0.29, 0.717) is 11.7 Å². The van der Waals surface area contributed by atoms with Crippen LogP contribution in [0, 0.1) is 12.8 Å². The second kappa shape index (κ2) is 4.07. The van der Waals surface area contributed by atoms with E-state index in [1.54, 1.807) is 0 Å². The molecule has 0 bridgehead atoms. The van der Waals surface area contributed by atoms with Crippen LogP contribution in [-0.2, 0) is 0 Å². The maximum absolute atomic E-state index is 5.69. The smallest absolute Gasteiger partial charge is 0.150 e. The van der Waals surface area contributed by atoms with Gasteiger partial charge >= 0.3 is 0 Å². The molecule has 0 radical (unpaired) electrons. The van der Waals surface area contributed by atoms with Crippen molar-refractivity contribution in [3.63, 3.8) is 0 Å². The van der Waals surface area contributed by atoms with E-state index in [1.807, 2.05) is 6.92 Å². The van der Waals surface area contributed by atoms with Crippen LogP contribution in [0.15, 0.2) is 6.33 Å². The maximum atomic E-state index is 5.69. The molecule has 0 aliphatic heterocycles. The molecule has 0 unspecified atom stereocenters. The molecule has 1 heterocycles. The number of anilines is 2. The molecule has 0 amide bonds. The fourth-order valence-corrected chi connectivity index (χ4v) is 1.02. The number of aryl methyl sites for hydroxylation is 1. The minimum absolute atomic E-state index is 0.521. The highest BCUT2D eigenvalue weighted by Gasteiger charge is 2.04. The van der Waals surface area contributed by atoms with Crippen LogP contribution in [0.2, 0.25) is 0 Å². The largest absolute Gasteiger partial charge is 0.382 e. The Bertz CT molecular complexity index is 263. The number of hydrogen-bond acceptors (Lipinski definition) is 4. The Balaban J connectivity index is 2.75. The molecular formula is C9H16N4. The third-order valence-corrected chi connectivity index (χ3v) is 1.75. The molecule has 13 heavy (non-hydrogen) atoms. The highest BCUT2D eigenvalue weighted by Crippen LogP contribution is 2.17. The fourth-order valence-electron chi connectivity index (χ4n) is 1.02. The summed E-state index contributed by atoms with van der Waals surface area (Å²) in [6.07, 6.45) is 1.48. The van der Waals surface area contributed by atoms with Gasteiger partial charge in [-0.15, -0.1) is 0 Å². The van der Waals surface area contributed by atoms with Crippen molar-refractivity contribution in [3.8, 4) is 0 Å². The van der Waals surface area contributed by atoms with Gasteiger partial charge in [0, 0.05) is 6.54 Å². The lowest BCUT2D eigenvalue weighted by molar-refractivity contribution is 0.688. The van der Waals surface area contributed by atoms with E-state index in [2.05, 4.69) is 29.1 Å². The summed E-state index contributed by atoms with van der Waals surface area (Å²) in [6, 6.07) is 0. The van der Waals surface area contributed by atoms with Crippen molar-refractivity contribution in [3.05, 3.63) is 12.0 Å². The summed E-state index contributed by atoms with van der Waals surface area (Å²) >= 11 is 0. The highest BCUT2D eigenvalue weighted by atomic mass is 15.0. The Morgan fingerprint density at radius 2 is 2.15 bits per heavy atom. The van der Waals surface area contributed by atoms with Gasteiger partial charge in [-0.2, -0.15) is 0 Å². The van der Waals surface area contributed by atoms with Crippen molar-refractivity contribution in [1.29, 1.82) is 0 Å². The lowest BCUT2D eigenvalue weighted by Gasteiger charge is -2.11. The van der Waals surface area contributed by atoms with Crippen LogP contribution in [0.3, 0.4) is 0 Å². The van der Waals surface area contributed by atoms with Crippen LogP contribution < -0.4 is 11.1 Å². The first-order valence-electron chi connectivity index (χ1n) is 4.42. The molecule has 3 N–H and O–H groups in total. The third-order valence-electron chi connectivity index (χ3n) is 1.75. The summed E-state index contributed by atoms with van der Waals surface area (Å²) in [7, 11) is 0. The first-order valence-corrected chi connectivity index (χ1v) is 4.42. The van der Waals surface area contributed by atoms with Crippen LogP contribution in [-0.4, -0.2) is 16.5 Å². The standard InChI is InChI=1S/C9H16N4/c1-6(2)4-11-8-7(3)12-5-13-9(8)10/h5-6,11H,4H2,1-3H3,(H2,10,12,13). The zero-order valence-corrected chi connectivity index (χ0v) is 8.33. The first-order chi connectivity index (χ1) is 6.11. The van der Waals surface area contributed by atoms with Crippen molar-refractivity contribution in [2.24, 2.45) is 5.92 Å². The molecule has 0 aliphatic rings. The van der Waals surface area contributed by atoms with Gasteiger partial charge in [0.1, 0.15) is 6.33 Å². The zero-order valence-electron chi connectivity index (χ0n) is 8.33. The fraction of sp³-hybridized carbons (Fsp3) is 0.556. The molecule has 4 nitrogen and oxygen atoms in total. The summed E-state index contributed by atoms with van der Waals surface area (Å²) in [4.78, 5) is 7.99. The number of nitrogens with two attached hydrogens (primary N) is 1. The lowest BCUT2D eigenvalue weighted by atomic mass is 10.2. The summed E-state index contributed by atoms with van der Waals surface area (Å²) in [5.74, 6) is 1.10. The van der Waals surface area contributed by atoms with Crippen LogP contribution >= 0.6 is 0 Å². The number of aromatic nitrogens is 2. The van der Waals surface area contributed by atoms with E-state index >= 15 is 0 Å². The molecule has 1 aromatic rings. The van der Waals surface area contributed by atoms with Crippen LogP contribution in [0.25, 0.3) is 0 Å². The number of nitrogens with one attached hydrogen (secondary N) is 1. The van der Waals surface area contributed by atoms with Crippen molar-refractivity contribution < 1.29 is 0 Å². The molecule has 0 atom stereocenters. The second-order valence-corrected chi connectivity index (χ2v) is 3.49. The van der Waals surface area contributed by atoms with E-state index in [4.69, 9.17) is 5.73 Å². The summed E-state index contributed by atoms with van der Waals surface area (Å²) in [6.45, 7) is 7.09. The van der Waals surface area contributed by atoms with Gasteiger partial charge in [-0.25, -0.2) is 9.97 Å². The van der Waals surface area contributed by atoms with E-state index in [9.17, 15) is 0 Å². The minimum Gasteiger partial charge on any atom is -0.382 e. The predicted molar refractivity (Wildman–Crippen MR) is 54.5 cm³/mol. The second-order valence-electron chi connectivity index (χ2n) is 3.49. The number of nitrogens with zero attached hydrogens (tertiary/aromatic N) is 2. The molecule has 0 saturated carbocycles. The first kappa shape index (κ1) is 9.77. The molecule has 72 valence electrons. The molecule has 0 fully saturated rings. The van der Waals surface area contributed by atoms with Gasteiger partial charge in [-0.05, 0) is 12.8 Å². The van der Waals surface area contributed by atoms with Crippen molar-refractivity contribution in [1.82, 2.24) is 9.97 Å². The van der Waals surface area contributed by atoms with Gasteiger partial charge in [0.05, 0.1) is 11.4 Å². The average molecular weight is 180 g/mol. The maximum Gasteiger partial charge on any atom is 0.150 e. The Kier molecular flexibility index (Phi) is 3.06. The minimum atomic E-state index is 0.521. The number of rotatable bonds is 3. The highest BCUT2D eigenvalue weighted by molar-refractivity contribution is 5.63. The van der Waals surface area contributed by atoms with Gasteiger partial charge in [-0.1, -0.05) is 13.8 Å². The molecule has 0 spiro atoms. The van der Waals surface area contributed by atoms with Crippen molar-refractivity contribution in [2.45, 2.75) is 20.8 Å². The van der Waals surface area contributed by atoms with Gasteiger partial charge < -0.3 is 11.1 Å². The van der Waals surface area contributed by atoms with E-state index in [-0.39, 0.29) is 0 Å². The summed E-state index contributed by atoms with van der Waals surface area (Å²) in [5, 5.41) is 3.23. The van der Waals surface area contributed by atoms with E-state index in [1.165, 1.54) is 6.33 Å². The molecule has 0 aliphatic carbocycles. The third kappa shape index (κ3) is 2.57. The van der Waals surface area contributed by atoms with Gasteiger partial charge in [0.25, 0.3) is 0 Å². The topological polar surface area (TPSA) is 63.8 Å². The number of hydrogen-bond donors (Lipinski definition) is 2. The lowest BCUT2D eigenvalue weighted by Crippen LogP contribution is -2.12. The zero-order chi connectivity index (χ0) is 9.84. The Labute approximate surface area is 78.6 Å². The normalized spacial score (nSPS) is 10.5. The molecule has 1 aromatic heterocycles. The Morgan fingerprint density at radius 3 is 2.69 bits per heavy atom. The molecule has 0 saturated heterocycles. The average Bonchev–Trinajstić information content (AvgIpc) is 2.03. The SMILES string of the molecule is Cc1ncnc(N)c1NCC(C)C. The summed E-state index contributed by atoms with van der Waals surface area (Å²) < 4.78 is 0. The Hall–Kier alpha value is -1.32. The Morgan fingerprint density at radius 1 is 1.46 bits per heavy atom. The monoisotopic (exact) mass is 180 g/mol. The predicted octanol–water partition coefficient (Wildman–Crippen LogP) is 1.44. The quantitative estimate of drug-likeness (QED) is 0.738. The molecule has 1 rings (SSSR count). The van der Waals surface area contributed by atoms with Crippen molar-refractivity contribution >= 4 is 11.5 Å². The molecule has 4 heteroatoms. The van der Waals surface area contributed by atoms with Crippen LogP contribution in [0.5, 0.6) is 0 Å². The summed E-state index contributed by atoms with van der Waals surface area (Å²) in [5.41, 5.74) is 7.45. The van der Waals surface area contributed by atoms with Crippen LogP contribution in [0.1, 0.15) is 19.5 Å². The molecule has 0 aromatic carbocycles. The van der Waals surface area contributed by atoms with Crippen LogP contribution in [0.4, 0.5) is 11.5 Å². The van der Waals surface area contributed by atoms with Gasteiger partial charge in [-0.3, -0.25) is 0 Å². The number of nitrogen functional groups attached to an aromatic ring is 1. The van der Waals surface area contributed by atoms with Gasteiger partial charge in [0.15, 0.2) is 5.82 Å². The van der Waals surface area contributed by atoms with Crippen molar-refractivity contribution in [2.75, 3.05) is 17.6 Å². The van der Waals surface area contributed by atoms with E-state index in [0.717, 1.165) is 17.9 Å². The van der Waals surface area contributed by atoms with Gasteiger partial charge in [0.2, 0.25) is 0 Å².